The van der Waals surface area contributed by atoms with Gasteiger partial charge in [0.05, 0.1) is 5.92 Å². The molecule has 1 fully saturated rings. The zero-order valence-electron chi connectivity index (χ0n) is 10.2. The van der Waals surface area contributed by atoms with E-state index in [4.69, 9.17) is 0 Å². The van der Waals surface area contributed by atoms with Crippen molar-refractivity contribution >= 4 is 29.7 Å². The molecule has 0 bridgehead atoms. The topological polar surface area (TPSA) is 32.3 Å². The minimum Gasteiger partial charge on any atom is -0.337 e. The Hall–Kier alpha value is -0.580. The van der Waals surface area contributed by atoms with Crippen molar-refractivity contribution in [3.05, 3.63) is 22.4 Å². The first kappa shape index (κ1) is 14.5. The third kappa shape index (κ3) is 3.21. The van der Waals surface area contributed by atoms with Crippen molar-refractivity contribution in [3.63, 3.8) is 0 Å². The lowest BCUT2D eigenvalue weighted by Gasteiger charge is -2.35. The van der Waals surface area contributed by atoms with Gasteiger partial charge in [-0.25, -0.2) is 0 Å². The average molecular weight is 275 g/mol. The molecule has 1 N–H and O–H groups in total. The zero-order valence-corrected chi connectivity index (χ0v) is 11.8. The maximum absolute atomic E-state index is 12.3. The second-order valence-corrected chi connectivity index (χ2v) is 5.30. The third-order valence-corrected chi connectivity index (χ3v) is 4.18. The predicted octanol–water partition coefficient (Wildman–Crippen LogP) is 2.09. The number of rotatable bonds is 2. The Kier molecular flexibility index (Phi) is 5.43. The summed E-state index contributed by atoms with van der Waals surface area (Å²) in [6.45, 7) is 6.75. The Morgan fingerprint density at radius 2 is 2.41 bits per heavy atom. The van der Waals surface area contributed by atoms with Gasteiger partial charge in [-0.15, -0.1) is 23.7 Å². The van der Waals surface area contributed by atoms with Crippen molar-refractivity contribution in [1.82, 2.24) is 10.2 Å². The van der Waals surface area contributed by atoms with Gasteiger partial charge in [-0.3, -0.25) is 4.79 Å². The van der Waals surface area contributed by atoms with Gasteiger partial charge in [0, 0.05) is 30.6 Å². The molecule has 2 atom stereocenters. The largest absolute Gasteiger partial charge is 0.337 e. The van der Waals surface area contributed by atoms with Crippen LogP contribution < -0.4 is 5.32 Å². The molecule has 5 heteroatoms. The molecule has 1 unspecified atom stereocenters. The minimum absolute atomic E-state index is 0. The molecule has 2 heterocycles. The molecule has 1 aromatic heterocycles. The summed E-state index contributed by atoms with van der Waals surface area (Å²) >= 11 is 1.66. The highest BCUT2D eigenvalue weighted by Crippen LogP contribution is 2.23. The molecule has 1 amide bonds. The molecule has 3 nitrogen and oxygen atoms in total. The highest BCUT2D eigenvalue weighted by Gasteiger charge is 2.27. The van der Waals surface area contributed by atoms with E-state index in [9.17, 15) is 4.79 Å². The van der Waals surface area contributed by atoms with Gasteiger partial charge in [0.2, 0.25) is 5.91 Å². The lowest BCUT2D eigenvalue weighted by atomic mass is 10.1. The number of thiophene rings is 1. The summed E-state index contributed by atoms with van der Waals surface area (Å²) in [7, 11) is 0. The van der Waals surface area contributed by atoms with Gasteiger partial charge >= 0.3 is 0 Å². The number of hydrogen-bond donors (Lipinski definition) is 1. The third-order valence-electron chi connectivity index (χ3n) is 3.12. The number of hydrogen-bond acceptors (Lipinski definition) is 3. The van der Waals surface area contributed by atoms with Crippen molar-refractivity contribution < 1.29 is 4.79 Å². The van der Waals surface area contributed by atoms with Gasteiger partial charge in [0.1, 0.15) is 0 Å². The van der Waals surface area contributed by atoms with Crippen molar-refractivity contribution in [3.8, 4) is 0 Å². The van der Waals surface area contributed by atoms with Crippen molar-refractivity contribution in [2.24, 2.45) is 0 Å². The summed E-state index contributed by atoms with van der Waals surface area (Å²) in [6.07, 6.45) is 0. The summed E-state index contributed by atoms with van der Waals surface area (Å²) in [5, 5.41) is 5.33. The van der Waals surface area contributed by atoms with Crippen LogP contribution in [0, 0.1) is 0 Å². The minimum atomic E-state index is 0. The lowest BCUT2D eigenvalue weighted by molar-refractivity contribution is -0.135. The number of halogens is 1. The quantitative estimate of drug-likeness (QED) is 0.896. The van der Waals surface area contributed by atoms with Crippen molar-refractivity contribution in [2.45, 2.75) is 25.8 Å². The lowest BCUT2D eigenvalue weighted by Crippen LogP contribution is -2.53. The molecular formula is C12H19ClN2OS. The number of nitrogens with one attached hydrogen (secondary N) is 1. The molecule has 0 spiro atoms. The molecular weight excluding hydrogens is 256 g/mol. The van der Waals surface area contributed by atoms with E-state index in [1.165, 1.54) is 0 Å². The van der Waals surface area contributed by atoms with Crippen molar-refractivity contribution in [2.75, 3.05) is 19.6 Å². The van der Waals surface area contributed by atoms with Crippen LogP contribution in [0.15, 0.2) is 17.5 Å². The highest BCUT2D eigenvalue weighted by atomic mass is 35.5. The molecule has 1 aromatic rings. The van der Waals surface area contributed by atoms with Crippen LogP contribution in [0.3, 0.4) is 0 Å². The van der Waals surface area contributed by atoms with E-state index in [1.54, 1.807) is 11.3 Å². The van der Waals surface area contributed by atoms with Gasteiger partial charge < -0.3 is 10.2 Å². The Balaban J connectivity index is 0.00000144. The predicted molar refractivity (Wildman–Crippen MR) is 74.0 cm³/mol. The smallest absolute Gasteiger partial charge is 0.230 e. The first-order chi connectivity index (χ1) is 7.70. The SMILES string of the molecule is CC(C(=O)N1CCNC[C@H]1C)c1cccs1.Cl. The molecule has 0 radical (unpaired) electrons. The molecule has 1 aliphatic heterocycles. The van der Waals surface area contributed by atoms with Crippen LogP contribution in [-0.4, -0.2) is 36.5 Å². The molecule has 0 saturated carbocycles. The van der Waals surface area contributed by atoms with Crippen LogP contribution in [0.2, 0.25) is 0 Å². The molecule has 0 aliphatic carbocycles. The van der Waals surface area contributed by atoms with E-state index in [0.29, 0.717) is 6.04 Å². The number of nitrogens with zero attached hydrogens (tertiary/aromatic N) is 1. The van der Waals surface area contributed by atoms with E-state index in [0.717, 1.165) is 24.5 Å². The number of piperazine rings is 1. The number of carbonyl (C=O) groups excluding carboxylic acids is 1. The zero-order chi connectivity index (χ0) is 11.5. The first-order valence-electron chi connectivity index (χ1n) is 5.74. The maximum atomic E-state index is 12.3. The fourth-order valence-electron chi connectivity index (χ4n) is 2.08. The molecule has 0 aromatic carbocycles. The van der Waals surface area contributed by atoms with Crippen LogP contribution in [0.1, 0.15) is 24.6 Å². The monoisotopic (exact) mass is 274 g/mol. The van der Waals surface area contributed by atoms with E-state index in [2.05, 4.69) is 12.2 Å². The van der Waals surface area contributed by atoms with Gasteiger partial charge in [-0.1, -0.05) is 6.07 Å². The molecule has 1 aliphatic rings. The van der Waals surface area contributed by atoms with E-state index >= 15 is 0 Å². The Morgan fingerprint density at radius 1 is 1.65 bits per heavy atom. The summed E-state index contributed by atoms with van der Waals surface area (Å²) in [5.41, 5.74) is 0. The normalized spacial score (nSPS) is 21.8. The maximum Gasteiger partial charge on any atom is 0.230 e. The first-order valence-corrected chi connectivity index (χ1v) is 6.62. The Morgan fingerprint density at radius 3 is 3.00 bits per heavy atom. The second kappa shape index (κ2) is 6.38. The average Bonchev–Trinajstić information content (AvgIpc) is 2.81. The molecule has 2 rings (SSSR count). The van der Waals surface area contributed by atoms with E-state index in [-0.39, 0.29) is 24.2 Å². The standard InChI is InChI=1S/C12H18N2OS.ClH/c1-9-8-13-5-6-14(9)12(15)10(2)11-4-3-7-16-11;/h3-4,7,9-10,13H,5-6,8H2,1-2H3;1H/t9-,10?;/m1./s1. The van der Waals surface area contributed by atoms with E-state index in [1.807, 2.05) is 29.3 Å². The molecule has 1 saturated heterocycles. The number of carbonyl (C=O) groups is 1. The summed E-state index contributed by atoms with van der Waals surface area (Å²) in [4.78, 5) is 15.5. The van der Waals surface area contributed by atoms with Crippen LogP contribution in [0.5, 0.6) is 0 Å². The van der Waals surface area contributed by atoms with E-state index < -0.39 is 0 Å². The summed E-state index contributed by atoms with van der Waals surface area (Å²) in [6, 6.07) is 4.36. The summed E-state index contributed by atoms with van der Waals surface area (Å²) in [5.74, 6) is 0.261. The van der Waals surface area contributed by atoms with Gasteiger partial charge in [0.15, 0.2) is 0 Å². The van der Waals surface area contributed by atoms with Gasteiger partial charge in [-0.05, 0) is 25.3 Å². The summed E-state index contributed by atoms with van der Waals surface area (Å²) < 4.78 is 0. The fourth-order valence-corrected chi connectivity index (χ4v) is 2.85. The molecule has 17 heavy (non-hydrogen) atoms. The fraction of sp³-hybridized carbons (Fsp3) is 0.583. The van der Waals surface area contributed by atoms with Crippen LogP contribution in [-0.2, 0) is 4.79 Å². The van der Waals surface area contributed by atoms with Gasteiger partial charge in [0.25, 0.3) is 0 Å². The number of amides is 1. The highest BCUT2D eigenvalue weighted by molar-refractivity contribution is 7.10. The van der Waals surface area contributed by atoms with Crippen LogP contribution >= 0.6 is 23.7 Å². The second-order valence-electron chi connectivity index (χ2n) is 4.32. The van der Waals surface area contributed by atoms with Crippen molar-refractivity contribution in [1.29, 1.82) is 0 Å². The molecule has 96 valence electrons. The van der Waals surface area contributed by atoms with Crippen LogP contribution in [0.25, 0.3) is 0 Å². The van der Waals surface area contributed by atoms with Gasteiger partial charge in [-0.2, -0.15) is 0 Å². The Bertz CT molecular complexity index is 355. The Labute approximate surface area is 113 Å². The van der Waals surface area contributed by atoms with Crippen LogP contribution in [0.4, 0.5) is 0 Å².